The highest BCUT2D eigenvalue weighted by atomic mass is 35.5. The minimum Gasteiger partial charge on any atom is -0.342 e. The summed E-state index contributed by atoms with van der Waals surface area (Å²) in [5.41, 5.74) is 1.26. The number of benzene rings is 1. The number of hydrogen-bond acceptors (Lipinski definition) is 6. The summed E-state index contributed by atoms with van der Waals surface area (Å²) in [6, 6.07) is 7.54. The predicted octanol–water partition coefficient (Wildman–Crippen LogP) is 3.16. The van der Waals surface area contributed by atoms with Crippen molar-refractivity contribution >= 4 is 45.6 Å². The molecule has 1 aromatic carbocycles. The van der Waals surface area contributed by atoms with Gasteiger partial charge in [-0.2, -0.15) is 0 Å². The first-order chi connectivity index (χ1) is 13.8. The number of thiazole rings is 1. The Bertz CT molecular complexity index is 864. The summed E-state index contributed by atoms with van der Waals surface area (Å²) in [5, 5.41) is 6.23. The largest absolute Gasteiger partial charge is 0.342 e. The molecule has 1 aliphatic heterocycles. The lowest BCUT2D eigenvalue weighted by molar-refractivity contribution is -0.132. The molecule has 0 radical (unpaired) electrons. The zero-order valence-corrected chi connectivity index (χ0v) is 18.5. The van der Waals surface area contributed by atoms with Gasteiger partial charge in [0, 0.05) is 55.4 Å². The van der Waals surface area contributed by atoms with Crippen molar-refractivity contribution in [2.75, 3.05) is 45.1 Å². The van der Waals surface area contributed by atoms with E-state index in [1.165, 1.54) is 11.3 Å². The maximum atomic E-state index is 12.8. The SMILES string of the molecule is CC(C)N(C)C(=O)CN1CCN(C(=O)c2csc(Nc3cccc(Cl)c3)n2)CC1. The summed E-state index contributed by atoms with van der Waals surface area (Å²) in [5.74, 6) is 0.0293. The fourth-order valence-electron chi connectivity index (χ4n) is 2.98. The summed E-state index contributed by atoms with van der Waals surface area (Å²) < 4.78 is 0. The second-order valence-corrected chi connectivity index (χ2v) is 8.63. The number of carbonyl (C=O) groups is 2. The van der Waals surface area contributed by atoms with Crippen molar-refractivity contribution in [1.82, 2.24) is 19.7 Å². The van der Waals surface area contributed by atoms with E-state index in [2.05, 4.69) is 15.2 Å². The molecular formula is C20H26ClN5O2S. The van der Waals surface area contributed by atoms with E-state index in [-0.39, 0.29) is 17.9 Å². The second kappa shape index (κ2) is 9.56. The number of anilines is 2. The molecule has 0 unspecified atom stereocenters. The number of nitrogens with one attached hydrogen (secondary N) is 1. The van der Waals surface area contributed by atoms with Crippen LogP contribution in [0.15, 0.2) is 29.6 Å². The van der Waals surface area contributed by atoms with Gasteiger partial charge in [-0.1, -0.05) is 17.7 Å². The second-order valence-electron chi connectivity index (χ2n) is 7.34. The van der Waals surface area contributed by atoms with Crippen LogP contribution in [0.1, 0.15) is 24.3 Å². The normalized spacial score (nSPS) is 14.9. The van der Waals surface area contributed by atoms with Crippen LogP contribution in [0.2, 0.25) is 5.02 Å². The standard InChI is InChI=1S/C20H26ClN5O2S/c1-14(2)24(3)18(27)12-25-7-9-26(10-8-25)19(28)17-13-29-20(23-17)22-16-6-4-5-15(21)11-16/h4-6,11,13-14H,7-10,12H2,1-3H3,(H,22,23). The molecule has 9 heteroatoms. The molecule has 0 atom stereocenters. The number of halogens is 1. The molecule has 3 rings (SSSR count). The first-order valence-electron chi connectivity index (χ1n) is 9.59. The van der Waals surface area contributed by atoms with Crippen LogP contribution in [0.25, 0.3) is 0 Å². The minimum absolute atomic E-state index is 0.0781. The Kier molecular flexibility index (Phi) is 7.10. The average molecular weight is 436 g/mol. The molecule has 1 saturated heterocycles. The Balaban J connectivity index is 1.52. The van der Waals surface area contributed by atoms with Crippen molar-refractivity contribution < 1.29 is 9.59 Å². The summed E-state index contributed by atoms with van der Waals surface area (Å²) in [4.78, 5) is 35.1. The highest BCUT2D eigenvalue weighted by Crippen LogP contribution is 2.24. The molecular weight excluding hydrogens is 410 g/mol. The molecule has 2 amide bonds. The van der Waals surface area contributed by atoms with Crippen LogP contribution in [0.5, 0.6) is 0 Å². The highest BCUT2D eigenvalue weighted by Gasteiger charge is 2.25. The first kappa shape index (κ1) is 21.5. The van der Waals surface area contributed by atoms with Gasteiger partial charge in [-0.05, 0) is 32.0 Å². The molecule has 0 aliphatic carbocycles. The summed E-state index contributed by atoms with van der Waals surface area (Å²) in [7, 11) is 1.82. The number of aromatic nitrogens is 1. The van der Waals surface area contributed by atoms with E-state index in [0.717, 1.165) is 5.69 Å². The number of hydrogen-bond donors (Lipinski definition) is 1. The Labute approximate surface area is 180 Å². The topological polar surface area (TPSA) is 68.8 Å². The van der Waals surface area contributed by atoms with Crippen molar-refractivity contribution in [3.63, 3.8) is 0 Å². The molecule has 2 heterocycles. The molecule has 1 aromatic heterocycles. The van der Waals surface area contributed by atoms with E-state index < -0.39 is 0 Å². The smallest absolute Gasteiger partial charge is 0.273 e. The van der Waals surface area contributed by atoms with Crippen LogP contribution in [0, 0.1) is 0 Å². The number of carbonyl (C=O) groups excluding carboxylic acids is 2. The van der Waals surface area contributed by atoms with Gasteiger partial charge >= 0.3 is 0 Å². The third-order valence-corrected chi connectivity index (χ3v) is 5.98. The van der Waals surface area contributed by atoms with Crippen LogP contribution < -0.4 is 5.32 Å². The molecule has 2 aromatic rings. The van der Waals surface area contributed by atoms with Gasteiger partial charge in [0.05, 0.1) is 6.54 Å². The third-order valence-electron chi connectivity index (χ3n) is 4.99. The molecule has 1 N–H and O–H groups in total. The molecule has 7 nitrogen and oxygen atoms in total. The predicted molar refractivity (Wildman–Crippen MR) is 117 cm³/mol. The molecule has 1 aliphatic rings. The average Bonchev–Trinajstić information content (AvgIpc) is 3.15. The van der Waals surface area contributed by atoms with E-state index >= 15 is 0 Å². The van der Waals surface area contributed by atoms with Gasteiger partial charge in [-0.3, -0.25) is 14.5 Å². The van der Waals surface area contributed by atoms with Crippen LogP contribution in [-0.2, 0) is 4.79 Å². The third kappa shape index (κ3) is 5.68. The number of piperazine rings is 1. The Morgan fingerprint density at radius 3 is 2.66 bits per heavy atom. The number of likely N-dealkylation sites (N-methyl/N-ethyl adjacent to an activating group) is 1. The van der Waals surface area contributed by atoms with Gasteiger partial charge in [-0.15, -0.1) is 11.3 Å². The summed E-state index contributed by atoms with van der Waals surface area (Å²) >= 11 is 7.38. The van der Waals surface area contributed by atoms with Crippen LogP contribution in [0.3, 0.4) is 0 Å². The fraction of sp³-hybridized carbons (Fsp3) is 0.450. The molecule has 0 spiro atoms. The number of nitrogens with zero attached hydrogens (tertiary/aromatic N) is 4. The van der Waals surface area contributed by atoms with E-state index in [1.807, 2.05) is 39.1 Å². The van der Waals surface area contributed by atoms with Crippen molar-refractivity contribution in [3.05, 3.63) is 40.4 Å². The lowest BCUT2D eigenvalue weighted by atomic mass is 10.2. The van der Waals surface area contributed by atoms with Crippen molar-refractivity contribution in [2.24, 2.45) is 0 Å². The monoisotopic (exact) mass is 435 g/mol. The zero-order chi connectivity index (χ0) is 21.0. The lowest BCUT2D eigenvalue weighted by Gasteiger charge is -2.35. The maximum absolute atomic E-state index is 12.8. The summed E-state index contributed by atoms with van der Waals surface area (Å²) in [6.07, 6.45) is 0. The molecule has 0 saturated carbocycles. The van der Waals surface area contributed by atoms with Gasteiger partial charge in [0.15, 0.2) is 5.13 Å². The highest BCUT2D eigenvalue weighted by molar-refractivity contribution is 7.14. The van der Waals surface area contributed by atoms with Crippen molar-refractivity contribution in [1.29, 1.82) is 0 Å². The number of rotatable bonds is 6. The zero-order valence-electron chi connectivity index (χ0n) is 16.9. The minimum atomic E-state index is -0.0781. The fourth-order valence-corrected chi connectivity index (χ4v) is 3.88. The van der Waals surface area contributed by atoms with Crippen molar-refractivity contribution in [3.8, 4) is 0 Å². The van der Waals surface area contributed by atoms with E-state index in [0.29, 0.717) is 48.6 Å². The van der Waals surface area contributed by atoms with E-state index in [4.69, 9.17) is 11.6 Å². The van der Waals surface area contributed by atoms with Crippen molar-refractivity contribution in [2.45, 2.75) is 19.9 Å². The summed E-state index contributed by atoms with van der Waals surface area (Å²) in [6.45, 7) is 6.93. The maximum Gasteiger partial charge on any atom is 0.273 e. The Morgan fingerprint density at radius 2 is 2.00 bits per heavy atom. The quantitative estimate of drug-likeness (QED) is 0.754. The van der Waals surface area contributed by atoms with Crippen LogP contribution >= 0.6 is 22.9 Å². The van der Waals surface area contributed by atoms with Gasteiger partial charge < -0.3 is 15.1 Å². The van der Waals surface area contributed by atoms with Gasteiger partial charge in [-0.25, -0.2) is 4.98 Å². The van der Waals surface area contributed by atoms with Gasteiger partial charge in [0.2, 0.25) is 5.91 Å². The Morgan fingerprint density at radius 1 is 1.28 bits per heavy atom. The van der Waals surface area contributed by atoms with Crippen LogP contribution in [-0.4, -0.2) is 77.3 Å². The van der Waals surface area contributed by atoms with Crippen LogP contribution in [0.4, 0.5) is 10.8 Å². The van der Waals surface area contributed by atoms with E-state index in [9.17, 15) is 9.59 Å². The first-order valence-corrected chi connectivity index (χ1v) is 10.8. The molecule has 0 bridgehead atoms. The number of amides is 2. The van der Waals surface area contributed by atoms with Gasteiger partial charge in [0.25, 0.3) is 5.91 Å². The molecule has 29 heavy (non-hydrogen) atoms. The lowest BCUT2D eigenvalue weighted by Crippen LogP contribution is -2.51. The Hall–Kier alpha value is -2.16. The molecule has 156 valence electrons. The van der Waals surface area contributed by atoms with E-state index in [1.54, 1.807) is 21.2 Å². The van der Waals surface area contributed by atoms with Gasteiger partial charge in [0.1, 0.15) is 5.69 Å². The molecule has 1 fully saturated rings.